The van der Waals surface area contributed by atoms with Gasteiger partial charge in [0.1, 0.15) is 11.6 Å². The Morgan fingerprint density at radius 3 is 2.59 bits per heavy atom. The van der Waals surface area contributed by atoms with Crippen LogP contribution < -0.4 is 0 Å². The van der Waals surface area contributed by atoms with Gasteiger partial charge in [-0.3, -0.25) is 4.79 Å². The maximum absolute atomic E-state index is 13.0. The first-order valence-electron chi connectivity index (χ1n) is 9.84. The van der Waals surface area contributed by atoms with Crippen LogP contribution in [0.5, 0.6) is 0 Å². The quantitative estimate of drug-likeness (QED) is 0.790. The Balaban J connectivity index is 1.27. The van der Waals surface area contributed by atoms with Crippen molar-refractivity contribution in [3.8, 4) is 10.6 Å². The van der Waals surface area contributed by atoms with Crippen molar-refractivity contribution in [2.75, 3.05) is 0 Å². The van der Waals surface area contributed by atoms with Gasteiger partial charge < -0.3 is 9.84 Å². The normalized spacial score (nSPS) is 34.0. The summed E-state index contributed by atoms with van der Waals surface area (Å²) in [5, 5.41) is 13.7. The third-order valence-corrected chi connectivity index (χ3v) is 7.60. The van der Waals surface area contributed by atoms with Crippen molar-refractivity contribution in [1.82, 2.24) is 4.98 Å². The number of thiazole rings is 1. The number of rotatable bonds is 4. The van der Waals surface area contributed by atoms with Crippen LogP contribution in [-0.4, -0.2) is 21.7 Å². The number of nitrogens with zero attached hydrogens (tertiary/aromatic N) is 1. The van der Waals surface area contributed by atoms with Crippen molar-refractivity contribution in [2.24, 2.45) is 17.3 Å². The molecular weight excluding hydrogens is 358 g/mol. The van der Waals surface area contributed by atoms with Crippen LogP contribution in [0.2, 0.25) is 0 Å². The topological polar surface area (TPSA) is 59.4 Å². The minimum absolute atomic E-state index is 0.125. The molecular formula is C22H25NO3S. The molecule has 1 N–H and O–H groups in total. The predicted octanol–water partition coefficient (Wildman–Crippen LogP) is 4.49. The maximum Gasteiger partial charge on any atom is 0.312 e. The fourth-order valence-electron chi connectivity index (χ4n) is 5.95. The van der Waals surface area contributed by atoms with E-state index in [-0.39, 0.29) is 12.6 Å². The first-order chi connectivity index (χ1) is 12.9. The molecule has 4 saturated carbocycles. The number of benzene rings is 1. The van der Waals surface area contributed by atoms with E-state index in [1.54, 1.807) is 11.3 Å². The number of ether oxygens (including phenoxy) is 1. The highest BCUT2D eigenvalue weighted by Crippen LogP contribution is 2.62. The lowest BCUT2D eigenvalue weighted by molar-refractivity contribution is -0.197. The van der Waals surface area contributed by atoms with E-state index in [4.69, 9.17) is 4.74 Å². The number of carbonyl (C=O) groups is 1. The summed E-state index contributed by atoms with van der Waals surface area (Å²) < 4.78 is 5.72. The molecule has 4 fully saturated rings. The molecule has 1 aromatic carbocycles. The Labute approximate surface area is 163 Å². The smallest absolute Gasteiger partial charge is 0.312 e. The summed E-state index contributed by atoms with van der Waals surface area (Å²) in [5.41, 5.74) is 2.01. The zero-order chi connectivity index (χ0) is 18.6. The van der Waals surface area contributed by atoms with Crippen LogP contribution in [0.4, 0.5) is 0 Å². The van der Waals surface area contributed by atoms with Crippen LogP contribution in [0.25, 0.3) is 10.6 Å². The van der Waals surface area contributed by atoms with Crippen LogP contribution >= 0.6 is 11.3 Å². The summed E-state index contributed by atoms with van der Waals surface area (Å²) in [6.07, 6.45) is 5.25. The fourth-order valence-corrected chi connectivity index (χ4v) is 6.76. The Bertz CT molecular complexity index is 858. The second kappa shape index (κ2) is 6.14. The van der Waals surface area contributed by atoms with E-state index >= 15 is 0 Å². The molecule has 27 heavy (non-hydrogen) atoms. The van der Waals surface area contributed by atoms with Crippen molar-refractivity contribution >= 4 is 17.3 Å². The number of carbonyl (C=O) groups excluding carboxylic acids is 1. The minimum atomic E-state index is -0.637. The number of aliphatic hydroxyl groups is 1. The van der Waals surface area contributed by atoms with E-state index in [1.807, 2.05) is 5.38 Å². The van der Waals surface area contributed by atoms with E-state index in [9.17, 15) is 9.90 Å². The Hall–Kier alpha value is -1.72. The summed E-state index contributed by atoms with van der Waals surface area (Å²) >= 11 is 1.58. The van der Waals surface area contributed by atoms with Crippen LogP contribution in [0.15, 0.2) is 29.6 Å². The van der Waals surface area contributed by atoms with Gasteiger partial charge in [0.2, 0.25) is 0 Å². The zero-order valence-electron chi connectivity index (χ0n) is 15.6. The zero-order valence-corrected chi connectivity index (χ0v) is 16.4. The highest BCUT2D eigenvalue weighted by molar-refractivity contribution is 7.13. The van der Waals surface area contributed by atoms with Gasteiger partial charge in [0.25, 0.3) is 0 Å². The first-order valence-corrected chi connectivity index (χ1v) is 10.7. The van der Waals surface area contributed by atoms with Crippen molar-refractivity contribution in [3.63, 3.8) is 0 Å². The monoisotopic (exact) mass is 383 g/mol. The Kier molecular flexibility index (Phi) is 3.96. The van der Waals surface area contributed by atoms with E-state index < -0.39 is 11.0 Å². The second-order valence-electron chi connectivity index (χ2n) is 9.05. The van der Waals surface area contributed by atoms with Gasteiger partial charge in [-0.1, -0.05) is 29.8 Å². The summed E-state index contributed by atoms with van der Waals surface area (Å²) in [5.74, 6) is 0.840. The Morgan fingerprint density at radius 1 is 1.22 bits per heavy atom. The molecule has 2 aromatic rings. The third kappa shape index (κ3) is 3.11. The van der Waals surface area contributed by atoms with Crippen LogP contribution in [0.3, 0.4) is 0 Å². The van der Waals surface area contributed by atoms with Gasteiger partial charge in [0.05, 0.1) is 16.7 Å². The summed E-state index contributed by atoms with van der Waals surface area (Å²) in [6.45, 7) is 2.29. The number of hydrogen-bond acceptors (Lipinski definition) is 5. The van der Waals surface area contributed by atoms with Gasteiger partial charge in [-0.15, -0.1) is 11.3 Å². The molecule has 0 saturated heterocycles. The van der Waals surface area contributed by atoms with Gasteiger partial charge in [-0.05, 0) is 57.3 Å². The lowest BCUT2D eigenvalue weighted by Crippen LogP contribution is -2.58. The molecule has 6 rings (SSSR count). The molecule has 0 aliphatic heterocycles. The molecule has 4 nitrogen and oxygen atoms in total. The van der Waals surface area contributed by atoms with Crippen molar-refractivity contribution in [3.05, 3.63) is 40.9 Å². The fraction of sp³-hybridized carbons (Fsp3) is 0.545. The van der Waals surface area contributed by atoms with E-state index in [1.165, 1.54) is 12.0 Å². The number of aromatic nitrogens is 1. The van der Waals surface area contributed by atoms with E-state index in [0.717, 1.165) is 41.9 Å². The molecule has 1 aromatic heterocycles. The molecule has 0 spiro atoms. The van der Waals surface area contributed by atoms with Crippen molar-refractivity contribution < 1.29 is 14.6 Å². The molecule has 0 radical (unpaired) electrons. The largest absolute Gasteiger partial charge is 0.459 e. The first kappa shape index (κ1) is 17.4. The molecule has 4 bridgehead atoms. The highest BCUT2D eigenvalue weighted by atomic mass is 32.1. The van der Waals surface area contributed by atoms with Gasteiger partial charge in [-0.25, -0.2) is 4.98 Å². The molecule has 4 aliphatic rings. The molecule has 5 heteroatoms. The maximum atomic E-state index is 13.0. The number of aryl methyl sites for hydroxylation is 1. The predicted molar refractivity (Wildman–Crippen MR) is 104 cm³/mol. The molecule has 142 valence electrons. The standard InChI is InChI=1S/C22H25NO3S/c1-14-2-4-17(5-3-14)19-23-18(12-27-19)11-26-20(24)21-7-15-6-16(8-21)10-22(25,9-15)13-21/h2-5,12,15-16,25H,6-11,13H2,1H3. The van der Waals surface area contributed by atoms with Crippen molar-refractivity contribution in [1.29, 1.82) is 0 Å². The molecule has 1 heterocycles. The van der Waals surface area contributed by atoms with E-state index in [2.05, 4.69) is 36.2 Å². The summed E-state index contributed by atoms with van der Waals surface area (Å²) in [6, 6.07) is 8.29. The lowest BCUT2D eigenvalue weighted by atomic mass is 9.48. The molecule has 2 unspecified atom stereocenters. The van der Waals surface area contributed by atoms with Crippen LogP contribution in [0, 0.1) is 24.2 Å². The van der Waals surface area contributed by atoms with Crippen LogP contribution in [0.1, 0.15) is 49.8 Å². The average molecular weight is 384 g/mol. The van der Waals surface area contributed by atoms with Gasteiger partial charge in [0.15, 0.2) is 0 Å². The molecule has 4 aliphatic carbocycles. The van der Waals surface area contributed by atoms with Gasteiger partial charge in [0, 0.05) is 10.9 Å². The third-order valence-electron chi connectivity index (χ3n) is 6.66. The Morgan fingerprint density at radius 2 is 1.93 bits per heavy atom. The summed E-state index contributed by atoms with van der Waals surface area (Å²) in [7, 11) is 0. The number of esters is 1. The number of hydrogen-bond donors (Lipinski definition) is 1. The average Bonchev–Trinajstić information content (AvgIpc) is 3.07. The highest BCUT2D eigenvalue weighted by Gasteiger charge is 2.60. The molecule has 0 amide bonds. The molecule has 2 atom stereocenters. The van der Waals surface area contributed by atoms with Gasteiger partial charge >= 0.3 is 5.97 Å². The van der Waals surface area contributed by atoms with Crippen molar-refractivity contribution in [2.45, 2.75) is 57.7 Å². The summed E-state index contributed by atoms with van der Waals surface area (Å²) in [4.78, 5) is 17.6. The SMILES string of the molecule is Cc1ccc(-c2nc(COC(=O)C34CC5CC(CC(O)(C5)C3)C4)cs2)cc1. The van der Waals surface area contributed by atoms with Crippen LogP contribution in [-0.2, 0) is 16.1 Å². The lowest BCUT2D eigenvalue weighted by Gasteiger charge is -2.58. The van der Waals surface area contributed by atoms with E-state index in [0.29, 0.717) is 18.3 Å². The van der Waals surface area contributed by atoms with Gasteiger partial charge in [-0.2, -0.15) is 0 Å². The second-order valence-corrected chi connectivity index (χ2v) is 9.91. The minimum Gasteiger partial charge on any atom is -0.459 e.